The highest BCUT2D eigenvalue weighted by atomic mass is 16.5. The first-order valence-corrected chi connectivity index (χ1v) is 10.6. The van der Waals surface area contributed by atoms with Gasteiger partial charge in [0.1, 0.15) is 5.75 Å². The number of methoxy groups -OCH3 is 1. The molecule has 1 fully saturated rings. The highest BCUT2D eigenvalue weighted by molar-refractivity contribution is 5.94. The molecule has 1 aliphatic carbocycles. The summed E-state index contributed by atoms with van der Waals surface area (Å²) in [4.78, 5) is 15.3. The van der Waals surface area contributed by atoms with Gasteiger partial charge in [-0.05, 0) is 66.8 Å². The Balaban J connectivity index is 1.47. The van der Waals surface area contributed by atoms with Crippen LogP contribution in [0.15, 0.2) is 42.5 Å². The van der Waals surface area contributed by atoms with Crippen molar-refractivity contribution in [3.05, 3.63) is 64.7 Å². The van der Waals surface area contributed by atoms with E-state index >= 15 is 0 Å². The lowest BCUT2D eigenvalue weighted by atomic mass is 9.83. The summed E-state index contributed by atoms with van der Waals surface area (Å²) in [6, 6.07) is 14.3. The molecular weight excluding hydrogens is 364 g/mol. The van der Waals surface area contributed by atoms with Crippen molar-refractivity contribution in [3.8, 4) is 5.75 Å². The first-order chi connectivity index (χ1) is 14.2. The molecule has 1 heterocycles. The smallest absolute Gasteiger partial charge is 0.251 e. The van der Waals surface area contributed by atoms with Gasteiger partial charge in [-0.15, -0.1) is 0 Å². The average molecular weight is 395 g/mol. The molecule has 1 saturated heterocycles. The van der Waals surface area contributed by atoms with Crippen LogP contribution in [0, 0.1) is 0 Å². The van der Waals surface area contributed by atoms with Crippen molar-refractivity contribution >= 4 is 5.91 Å². The highest BCUT2D eigenvalue weighted by Crippen LogP contribution is 2.38. The Bertz CT molecular complexity index is 848. The second-order valence-corrected chi connectivity index (χ2v) is 7.88. The number of morpholine rings is 1. The second kappa shape index (κ2) is 8.97. The zero-order valence-electron chi connectivity index (χ0n) is 17.3. The van der Waals surface area contributed by atoms with Crippen LogP contribution in [-0.2, 0) is 17.7 Å². The minimum atomic E-state index is -0.0491. The number of aryl methyl sites for hydroxylation is 1. The van der Waals surface area contributed by atoms with Gasteiger partial charge in [-0.3, -0.25) is 9.69 Å². The maximum atomic E-state index is 12.8. The maximum Gasteiger partial charge on any atom is 0.251 e. The van der Waals surface area contributed by atoms with Crippen LogP contribution in [0.2, 0.25) is 0 Å². The third-order valence-electron chi connectivity index (χ3n) is 6.04. The zero-order valence-corrected chi connectivity index (χ0v) is 17.3. The molecule has 2 atom stereocenters. The molecule has 5 heteroatoms. The molecule has 2 aromatic carbocycles. The molecule has 5 nitrogen and oxygen atoms in total. The number of carbonyl (C=O) groups excluding carboxylic acids is 1. The standard InChI is InChI=1S/C24H30N2O3/c1-3-12-26-13-14-29-23-21-15-19(7-6-18(21)8-11-22(23)26)24(27)25-16-17-4-9-20(28-2)10-5-17/h4-7,9-10,15,22-23H,3,8,11-14,16H2,1-2H3,(H,25,27). The summed E-state index contributed by atoms with van der Waals surface area (Å²) < 4.78 is 11.4. The van der Waals surface area contributed by atoms with Gasteiger partial charge in [0.25, 0.3) is 5.91 Å². The first kappa shape index (κ1) is 19.9. The Labute approximate surface area is 173 Å². The minimum absolute atomic E-state index is 0.0491. The molecule has 2 aromatic rings. The predicted octanol–water partition coefficient (Wildman–Crippen LogP) is 3.72. The van der Waals surface area contributed by atoms with Crippen LogP contribution in [-0.4, -0.2) is 43.7 Å². The van der Waals surface area contributed by atoms with E-state index < -0.39 is 0 Å². The van der Waals surface area contributed by atoms with Crippen molar-refractivity contribution in [2.24, 2.45) is 0 Å². The molecule has 1 N–H and O–H groups in total. The van der Waals surface area contributed by atoms with E-state index in [9.17, 15) is 4.79 Å². The number of nitrogens with zero attached hydrogens (tertiary/aromatic N) is 1. The Morgan fingerprint density at radius 3 is 2.83 bits per heavy atom. The summed E-state index contributed by atoms with van der Waals surface area (Å²) in [5, 5.41) is 3.03. The molecule has 0 radical (unpaired) electrons. The highest BCUT2D eigenvalue weighted by Gasteiger charge is 2.37. The van der Waals surface area contributed by atoms with E-state index in [2.05, 4.69) is 23.2 Å². The zero-order chi connectivity index (χ0) is 20.2. The van der Waals surface area contributed by atoms with Gasteiger partial charge in [0.15, 0.2) is 0 Å². The van der Waals surface area contributed by atoms with E-state index in [-0.39, 0.29) is 12.0 Å². The van der Waals surface area contributed by atoms with Gasteiger partial charge in [0.05, 0.1) is 19.8 Å². The van der Waals surface area contributed by atoms with E-state index in [4.69, 9.17) is 9.47 Å². The van der Waals surface area contributed by atoms with Crippen LogP contribution in [0.1, 0.15) is 52.9 Å². The lowest BCUT2D eigenvalue weighted by molar-refractivity contribution is -0.0801. The van der Waals surface area contributed by atoms with Crippen LogP contribution in [0.5, 0.6) is 5.75 Å². The molecule has 0 saturated carbocycles. The number of carbonyl (C=O) groups is 1. The number of hydrogen-bond donors (Lipinski definition) is 1. The second-order valence-electron chi connectivity index (χ2n) is 7.88. The van der Waals surface area contributed by atoms with Gasteiger partial charge in [-0.2, -0.15) is 0 Å². The molecular formula is C24H30N2O3. The van der Waals surface area contributed by atoms with Gasteiger partial charge in [-0.1, -0.05) is 25.1 Å². The van der Waals surface area contributed by atoms with Crippen molar-refractivity contribution in [2.75, 3.05) is 26.8 Å². The maximum absolute atomic E-state index is 12.8. The average Bonchev–Trinajstić information content (AvgIpc) is 2.77. The van der Waals surface area contributed by atoms with Crippen LogP contribution in [0.3, 0.4) is 0 Å². The van der Waals surface area contributed by atoms with E-state index in [0.717, 1.165) is 50.3 Å². The van der Waals surface area contributed by atoms with E-state index in [1.165, 1.54) is 11.1 Å². The van der Waals surface area contributed by atoms with Crippen molar-refractivity contribution in [3.63, 3.8) is 0 Å². The molecule has 2 aliphatic rings. The number of rotatable bonds is 6. The van der Waals surface area contributed by atoms with E-state index in [0.29, 0.717) is 18.2 Å². The number of hydrogen-bond acceptors (Lipinski definition) is 4. The van der Waals surface area contributed by atoms with Crippen LogP contribution < -0.4 is 10.1 Å². The van der Waals surface area contributed by atoms with E-state index in [1.54, 1.807) is 7.11 Å². The molecule has 1 aliphatic heterocycles. The Morgan fingerprint density at radius 1 is 1.24 bits per heavy atom. The van der Waals surface area contributed by atoms with Crippen molar-refractivity contribution in [1.82, 2.24) is 10.2 Å². The van der Waals surface area contributed by atoms with Crippen molar-refractivity contribution in [1.29, 1.82) is 0 Å². The topological polar surface area (TPSA) is 50.8 Å². The predicted molar refractivity (Wildman–Crippen MR) is 113 cm³/mol. The molecule has 29 heavy (non-hydrogen) atoms. The Kier molecular flexibility index (Phi) is 6.16. The van der Waals surface area contributed by atoms with Gasteiger partial charge in [0.2, 0.25) is 0 Å². The quantitative estimate of drug-likeness (QED) is 0.811. The number of amides is 1. The Morgan fingerprint density at radius 2 is 2.07 bits per heavy atom. The minimum Gasteiger partial charge on any atom is -0.497 e. The fourth-order valence-electron chi connectivity index (χ4n) is 4.52. The molecule has 0 spiro atoms. The van der Waals surface area contributed by atoms with Crippen molar-refractivity contribution < 1.29 is 14.3 Å². The molecule has 0 aromatic heterocycles. The molecule has 4 rings (SSSR count). The molecule has 0 bridgehead atoms. The summed E-state index contributed by atoms with van der Waals surface area (Å²) in [6.07, 6.45) is 3.41. The van der Waals surface area contributed by atoms with Crippen LogP contribution in [0.25, 0.3) is 0 Å². The lowest BCUT2D eigenvalue weighted by Gasteiger charge is -2.44. The van der Waals surface area contributed by atoms with Crippen molar-refractivity contribution in [2.45, 2.75) is 44.9 Å². The monoisotopic (exact) mass is 394 g/mol. The van der Waals surface area contributed by atoms with Crippen LogP contribution in [0.4, 0.5) is 0 Å². The SMILES string of the molecule is CCCN1CCOC2c3cc(C(=O)NCc4ccc(OC)cc4)ccc3CCC21. The Hall–Kier alpha value is -2.37. The molecule has 154 valence electrons. The number of nitrogens with one attached hydrogen (secondary N) is 1. The fraction of sp³-hybridized carbons (Fsp3) is 0.458. The third kappa shape index (κ3) is 4.31. The fourth-order valence-corrected chi connectivity index (χ4v) is 4.52. The van der Waals surface area contributed by atoms with Gasteiger partial charge >= 0.3 is 0 Å². The first-order valence-electron chi connectivity index (χ1n) is 10.6. The van der Waals surface area contributed by atoms with Gasteiger partial charge in [-0.25, -0.2) is 0 Å². The summed E-state index contributed by atoms with van der Waals surface area (Å²) in [5.41, 5.74) is 4.26. The van der Waals surface area contributed by atoms with Gasteiger partial charge in [0, 0.05) is 24.7 Å². The summed E-state index contributed by atoms with van der Waals surface area (Å²) in [6.45, 7) is 5.60. The van der Waals surface area contributed by atoms with Gasteiger partial charge < -0.3 is 14.8 Å². The van der Waals surface area contributed by atoms with E-state index in [1.807, 2.05) is 36.4 Å². The van der Waals surface area contributed by atoms with Crippen LogP contribution >= 0.6 is 0 Å². The summed E-state index contributed by atoms with van der Waals surface area (Å²) in [5.74, 6) is 0.765. The lowest BCUT2D eigenvalue weighted by Crippen LogP contribution is -2.49. The number of ether oxygens (including phenoxy) is 2. The molecule has 2 unspecified atom stereocenters. The number of benzene rings is 2. The molecule has 1 amide bonds. The summed E-state index contributed by atoms with van der Waals surface area (Å²) in [7, 11) is 1.65. The number of fused-ring (bicyclic) bond motifs is 3. The largest absolute Gasteiger partial charge is 0.497 e. The third-order valence-corrected chi connectivity index (χ3v) is 6.04. The summed E-state index contributed by atoms with van der Waals surface area (Å²) >= 11 is 0. The normalized spacial score (nSPS) is 21.2.